The number of benzene rings is 2. The second-order valence-electron chi connectivity index (χ2n) is 4.64. The minimum atomic E-state index is 0.224. The summed E-state index contributed by atoms with van der Waals surface area (Å²) in [7, 11) is 0. The van der Waals surface area contributed by atoms with Crippen molar-refractivity contribution in [3.8, 4) is 5.75 Å². The van der Waals surface area contributed by atoms with E-state index in [9.17, 15) is 5.11 Å². The van der Waals surface area contributed by atoms with Gasteiger partial charge in [0.1, 0.15) is 5.75 Å². The molecule has 2 aromatic carbocycles. The summed E-state index contributed by atoms with van der Waals surface area (Å²) in [5, 5.41) is 14.6. The lowest BCUT2D eigenvalue weighted by atomic mass is 10.1. The van der Waals surface area contributed by atoms with Gasteiger partial charge in [0, 0.05) is 27.5 Å². The highest BCUT2D eigenvalue weighted by atomic mass is 35.5. The Morgan fingerprint density at radius 1 is 1.05 bits per heavy atom. The number of hydrogen-bond donors (Lipinski definition) is 2. The summed E-state index contributed by atoms with van der Waals surface area (Å²) >= 11 is 5.88. The van der Waals surface area contributed by atoms with Crippen molar-refractivity contribution in [2.75, 3.05) is 5.32 Å². The highest BCUT2D eigenvalue weighted by molar-refractivity contribution is 6.30. The van der Waals surface area contributed by atoms with Crippen LogP contribution < -0.4 is 5.32 Å². The van der Waals surface area contributed by atoms with Crippen molar-refractivity contribution in [2.24, 2.45) is 0 Å². The van der Waals surface area contributed by atoms with Crippen LogP contribution in [0.2, 0.25) is 5.02 Å². The summed E-state index contributed by atoms with van der Waals surface area (Å²) in [6, 6.07) is 14.6. The Bertz CT molecular complexity index is 769. The third-order valence-electron chi connectivity index (χ3n) is 3.04. The first kappa shape index (κ1) is 12.8. The highest BCUT2D eigenvalue weighted by Gasteiger charge is 2.05. The van der Waals surface area contributed by atoms with Crippen molar-refractivity contribution < 1.29 is 5.11 Å². The monoisotopic (exact) mass is 284 g/mol. The van der Waals surface area contributed by atoms with Gasteiger partial charge in [-0.3, -0.25) is 4.98 Å². The van der Waals surface area contributed by atoms with Crippen LogP contribution in [0.5, 0.6) is 5.75 Å². The molecule has 0 saturated carbocycles. The zero-order valence-corrected chi connectivity index (χ0v) is 11.6. The zero-order valence-electron chi connectivity index (χ0n) is 10.9. The minimum Gasteiger partial charge on any atom is -0.508 e. The van der Waals surface area contributed by atoms with Crippen molar-refractivity contribution in [1.82, 2.24) is 4.98 Å². The number of rotatable bonds is 2. The predicted octanol–water partition coefficient (Wildman–Crippen LogP) is 4.65. The molecule has 0 saturated heterocycles. The summed E-state index contributed by atoms with van der Waals surface area (Å²) in [4.78, 5) is 4.46. The number of nitrogens with one attached hydrogen (secondary N) is 1. The number of aromatic nitrogens is 1. The van der Waals surface area contributed by atoms with Gasteiger partial charge in [-0.2, -0.15) is 0 Å². The van der Waals surface area contributed by atoms with Gasteiger partial charge in [-0.25, -0.2) is 0 Å². The van der Waals surface area contributed by atoms with Crippen LogP contribution in [0, 0.1) is 6.92 Å². The first-order valence-corrected chi connectivity index (χ1v) is 6.62. The molecule has 3 rings (SSSR count). The number of hydrogen-bond acceptors (Lipinski definition) is 3. The van der Waals surface area contributed by atoms with Gasteiger partial charge in [0.15, 0.2) is 0 Å². The SMILES string of the molecule is Cc1cc(Nc2ccc(Cl)cc2)c2cc(O)ccc2n1. The Morgan fingerprint density at radius 3 is 2.55 bits per heavy atom. The fourth-order valence-corrected chi connectivity index (χ4v) is 2.26. The average molecular weight is 285 g/mol. The molecule has 0 fully saturated rings. The van der Waals surface area contributed by atoms with Crippen LogP contribution in [0.3, 0.4) is 0 Å². The van der Waals surface area contributed by atoms with Crippen LogP contribution >= 0.6 is 11.6 Å². The largest absolute Gasteiger partial charge is 0.508 e. The molecule has 2 N–H and O–H groups in total. The quantitative estimate of drug-likeness (QED) is 0.720. The van der Waals surface area contributed by atoms with E-state index in [-0.39, 0.29) is 5.75 Å². The lowest BCUT2D eigenvalue weighted by Gasteiger charge is -2.11. The molecular formula is C16H13ClN2O. The normalized spacial score (nSPS) is 10.7. The lowest BCUT2D eigenvalue weighted by Crippen LogP contribution is -1.94. The van der Waals surface area contributed by atoms with Crippen molar-refractivity contribution in [3.05, 3.63) is 59.2 Å². The lowest BCUT2D eigenvalue weighted by molar-refractivity contribution is 0.476. The number of nitrogens with zero attached hydrogens (tertiary/aromatic N) is 1. The summed E-state index contributed by atoms with van der Waals surface area (Å²) in [5.41, 5.74) is 3.61. The molecule has 4 heteroatoms. The van der Waals surface area contributed by atoms with Crippen LogP contribution in [0.15, 0.2) is 48.5 Å². The summed E-state index contributed by atoms with van der Waals surface area (Å²) in [6.07, 6.45) is 0. The fourth-order valence-electron chi connectivity index (χ4n) is 2.14. The zero-order chi connectivity index (χ0) is 14.1. The number of pyridine rings is 1. The van der Waals surface area contributed by atoms with E-state index < -0.39 is 0 Å². The van der Waals surface area contributed by atoms with Gasteiger partial charge in [0.25, 0.3) is 0 Å². The number of fused-ring (bicyclic) bond motifs is 1. The topological polar surface area (TPSA) is 45.1 Å². The molecular weight excluding hydrogens is 272 g/mol. The average Bonchev–Trinajstić information content (AvgIpc) is 2.42. The van der Waals surface area contributed by atoms with E-state index in [0.717, 1.165) is 28.0 Å². The molecule has 0 aliphatic rings. The van der Waals surface area contributed by atoms with E-state index in [0.29, 0.717) is 5.02 Å². The van der Waals surface area contributed by atoms with Crippen LogP contribution in [-0.2, 0) is 0 Å². The van der Waals surface area contributed by atoms with Crippen LogP contribution in [-0.4, -0.2) is 10.1 Å². The van der Waals surface area contributed by atoms with Crippen molar-refractivity contribution in [2.45, 2.75) is 6.92 Å². The van der Waals surface area contributed by atoms with E-state index >= 15 is 0 Å². The maximum atomic E-state index is 9.65. The van der Waals surface area contributed by atoms with Crippen LogP contribution in [0.4, 0.5) is 11.4 Å². The van der Waals surface area contributed by atoms with E-state index in [1.807, 2.05) is 43.3 Å². The van der Waals surface area contributed by atoms with Gasteiger partial charge in [0.05, 0.1) is 5.52 Å². The summed E-state index contributed by atoms with van der Waals surface area (Å²) in [5.74, 6) is 0.224. The number of phenolic OH excluding ortho intramolecular Hbond substituents is 1. The number of halogens is 1. The summed E-state index contributed by atoms with van der Waals surface area (Å²) in [6.45, 7) is 1.94. The molecule has 0 aliphatic heterocycles. The van der Waals surface area contributed by atoms with Gasteiger partial charge in [-0.15, -0.1) is 0 Å². The molecule has 0 amide bonds. The van der Waals surface area contributed by atoms with E-state index in [1.54, 1.807) is 12.1 Å². The van der Waals surface area contributed by atoms with Crippen LogP contribution in [0.25, 0.3) is 10.9 Å². The standard InChI is InChI=1S/C16H13ClN2O/c1-10-8-16(19-12-4-2-11(17)3-5-12)14-9-13(20)6-7-15(14)18-10/h2-9,20H,1H3,(H,18,19). The predicted molar refractivity (Wildman–Crippen MR) is 82.9 cm³/mol. The van der Waals surface area contributed by atoms with E-state index in [4.69, 9.17) is 11.6 Å². The number of aryl methyl sites for hydroxylation is 1. The maximum Gasteiger partial charge on any atom is 0.116 e. The maximum absolute atomic E-state index is 9.65. The van der Waals surface area contributed by atoms with Gasteiger partial charge in [0.2, 0.25) is 0 Å². The Kier molecular flexibility index (Phi) is 3.20. The second-order valence-corrected chi connectivity index (χ2v) is 5.08. The second kappa shape index (κ2) is 5.02. The van der Waals surface area contributed by atoms with Crippen molar-refractivity contribution in [1.29, 1.82) is 0 Å². The third-order valence-corrected chi connectivity index (χ3v) is 3.30. The number of anilines is 2. The molecule has 0 spiro atoms. The third kappa shape index (κ3) is 2.53. The molecule has 0 atom stereocenters. The molecule has 1 heterocycles. The highest BCUT2D eigenvalue weighted by Crippen LogP contribution is 2.29. The molecule has 3 aromatic rings. The first-order valence-electron chi connectivity index (χ1n) is 6.25. The van der Waals surface area contributed by atoms with Gasteiger partial charge in [-0.1, -0.05) is 11.6 Å². The summed E-state index contributed by atoms with van der Waals surface area (Å²) < 4.78 is 0. The Balaban J connectivity index is 2.10. The molecule has 3 nitrogen and oxygen atoms in total. The Hall–Kier alpha value is -2.26. The van der Waals surface area contributed by atoms with Crippen molar-refractivity contribution >= 4 is 33.9 Å². The number of aromatic hydroxyl groups is 1. The Morgan fingerprint density at radius 2 is 1.80 bits per heavy atom. The fraction of sp³-hybridized carbons (Fsp3) is 0.0625. The van der Waals surface area contributed by atoms with Gasteiger partial charge >= 0.3 is 0 Å². The Labute approximate surface area is 121 Å². The first-order chi connectivity index (χ1) is 9.61. The minimum absolute atomic E-state index is 0.224. The molecule has 0 bridgehead atoms. The molecule has 0 aliphatic carbocycles. The molecule has 1 aromatic heterocycles. The molecule has 100 valence electrons. The number of phenols is 1. The van der Waals surface area contributed by atoms with Gasteiger partial charge in [-0.05, 0) is 55.5 Å². The van der Waals surface area contributed by atoms with E-state index in [1.165, 1.54) is 0 Å². The molecule has 20 heavy (non-hydrogen) atoms. The van der Waals surface area contributed by atoms with E-state index in [2.05, 4.69) is 10.3 Å². The molecule has 0 unspecified atom stereocenters. The smallest absolute Gasteiger partial charge is 0.116 e. The van der Waals surface area contributed by atoms with Crippen LogP contribution in [0.1, 0.15) is 5.69 Å². The molecule has 0 radical (unpaired) electrons. The van der Waals surface area contributed by atoms with Gasteiger partial charge < -0.3 is 10.4 Å². The van der Waals surface area contributed by atoms with Crippen molar-refractivity contribution in [3.63, 3.8) is 0 Å².